The molecule has 2 N–H and O–H groups in total. The number of alkyl halides is 3. The number of nitrogens with zero attached hydrogens (tertiary/aromatic N) is 1. The van der Waals surface area contributed by atoms with Crippen molar-refractivity contribution >= 4 is 5.97 Å². The first kappa shape index (κ1) is 15.0. The molecule has 6 nitrogen and oxygen atoms in total. The van der Waals surface area contributed by atoms with Gasteiger partial charge in [0.2, 0.25) is 0 Å². The molecule has 0 bridgehead atoms. The number of carbonyl (C=O) groups excluding carboxylic acids is 1. The van der Waals surface area contributed by atoms with E-state index in [2.05, 4.69) is 14.5 Å². The van der Waals surface area contributed by atoms with Gasteiger partial charge in [-0.05, 0) is 0 Å². The van der Waals surface area contributed by atoms with Crippen molar-refractivity contribution in [2.75, 3.05) is 14.2 Å². The number of pyridine rings is 1. The summed E-state index contributed by atoms with van der Waals surface area (Å²) in [6.45, 7) is -0.268. The molecule has 0 fully saturated rings. The van der Waals surface area contributed by atoms with Crippen LogP contribution in [0.15, 0.2) is 6.20 Å². The van der Waals surface area contributed by atoms with E-state index in [1.807, 2.05) is 0 Å². The second-order valence-electron chi connectivity index (χ2n) is 3.23. The summed E-state index contributed by atoms with van der Waals surface area (Å²) in [5.41, 5.74) is 5.13. The van der Waals surface area contributed by atoms with Crippen LogP contribution in [0, 0.1) is 0 Å². The van der Waals surface area contributed by atoms with Crippen molar-refractivity contribution < 1.29 is 32.2 Å². The Morgan fingerprint density at radius 3 is 2.47 bits per heavy atom. The zero-order valence-corrected chi connectivity index (χ0v) is 10.1. The second kappa shape index (κ2) is 5.74. The molecule has 0 radical (unpaired) electrons. The van der Waals surface area contributed by atoms with Crippen LogP contribution < -0.4 is 15.2 Å². The molecule has 9 heteroatoms. The molecule has 1 heterocycles. The molecule has 0 atom stereocenters. The highest BCUT2D eigenvalue weighted by molar-refractivity contribution is 5.90. The SMILES string of the molecule is COC(=O)c1ncc(OC(F)(F)F)c(OC)c1CN. The highest BCUT2D eigenvalue weighted by Crippen LogP contribution is 2.35. The minimum Gasteiger partial charge on any atom is -0.492 e. The Labute approximate surface area is 106 Å². The summed E-state index contributed by atoms with van der Waals surface area (Å²) in [7, 11) is 2.23. The number of ether oxygens (including phenoxy) is 3. The Morgan fingerprint density at radius 1 is 1.42 bits per heavy atom. The number of halogens is 3. The first-order chi connectivity index (χ1) is 8.84. The summed E-state index contributed by atoms with van der Waals surface area (Å²) in [6, 6.07) is 0. The molecule has 1 aromatic rings. The van der Waals surface area contributed by atoms with Gasteiger partial charge in [-0.25, -0.2) is 9.78 Å². The lowest BCUT2D eigenvalue weighted by molar-refractivity contribution is -0.275. The van der Waals surface area contributed by atoms with E-state index >= 15 is 0 Å². The maximum Gasteiger partial charge on any atom is 0.573 e. The molecule has 106 valence electrons. The van der Waals surface area contributed by atoms with Gasteiger partial charge in [0.05, 0.1) is 20.4 Å². The van der Waals surface area contributed by atoms with E-state index in [4.69, 9.17) is 10.5 Å². The Morgan fingerprint density at radius 2 is 2.05 bits per heavy atom. The maximum absolute atomic E-state index is 12.2. The molecule has 0 spiro atoms. The normalized spacial score (nSPS) is 11.1. The van der Waals surface area contributed by atoms with Gasteiger partial charge in [-0.3, -0.25) is 0 Å². The van der Waals surface area contributed by atoms with Crippen molar-refractivity contribution in [3.8, 4) is 11.5 Å². The molecule has 0 amide bonds. The first-order valence-corrected chi connectivity index (χ1v) is 4.94. The van der Waals surface area contributed by atoms with Gasteiger partial charge in [0, 0.05) is 12.1 Å². The van der Waals surface area contributed by atoms with Crippen LogP contribution in [0.5, 0.6) is 11.5 Å². The fourth-order valence-corrected chi connectivity index (χ4v) is 1.40. The van der Waals surface area contributed by atoms with Gasteiger partial charge < -0.3 is 19.9 Å². The molecular weight excluding hydrogens is 269 g/mol. The summed E-state index contributed by atoms with van der Waals surface area (Å²) in [4.78, 5) is 15.0. The summed E-state index contributed by atoms with van der Waals surface area (Å²) in [5, 5.41) is 0. The van der Waals surface area contributed by atoms with Crippen LogP contribution in [0.4, 0.5) is 13.2 Å². The van der Waals surface area contributed by atoms with Crippen molar-refractivity contribution in [1.82, 2.24) is 4.98 Å². The summed E-state index contributed by atoms with van der Waals surface area (Å²) in [5.74, 6) is -1.82. The number of hydrogen-bond acceptors (Lipinski definition) is 6. The topological polar surface area (TPSA) is 83.7 Å². The number of aromatic nitrogens is 1. The molecule has 0 aliphatic heterocycles. The third kappa shape index (κ3) is 3.47. The van der Waals surface area contributed by atoms with E-state index in [-0.39, 0.29) is 23.6 Å². The quantitative estimate of drug-likeness (QED) is 0.835. The van der Waals surface area contributed by atoms with Crippen LogP contribution in [-0.4, -0.2) is 31.5 Å². The van der Waals surface area contributed by atoms with E-state index in [1.165, 1.54) is 0 Å². The van der Waals surface area contributed by atoms with Gasteiger partial charge in [0.1, 0.15) is 0 Å². The standard InChI is InChI=1S/C10H11F3N2O4/c1-17-8-5(3-14)7(9(16)18-2)15-4-6(8)19-10(11,12)13/h4H,3,14H2,1-2H3. The smallest absolute Gasteiger partial charge is 0.492 e. The highest BCUT2D eigenvalue weighted by Gasteiger charge is 2.34. The average molecular weight is 280 g/mol. The first-order valence-electron chi connectivity index (χ1n) is 4.94. The van der Waals surface area contributed by atoms with Crippen molar-refractivity contribution in [2.24, 2.45) is 5.73 Å². The van der Waals surface area contributed by atoms with E-state index < -0.39 is 18.1 Å². The fourth-order valence-electron chi connectivity index (χ4n) is 1.40. The fraction of sp³-hybridized carbons (Fsp3) is 0.400. The monoisotopic (exact) mass is 280 g/mol. The third-order valence-corrected chi connectivity index (χ3v) is 2.11. The number of carbonyl (C=O) groups is 1. The molecule has 0 aliphatic carbocycles. The van der Waals surface area contributed by atoms with Crippen LogP contribution in [-0.2, 0) is 11.3 Å². The molecule has 1 rings (SSSR count). The van der Waals surface area contributed by atoms with Crippen molar-refractivity contribution in [2.45, 2.75) is 12.9 Å². The highest BCUT2D eigenvalue weighted by atomic mass is 19.4. The van der Waals surface area contributed by atoms with E-state index in [0.717, 1.165) is 20.4 Å². The minimum absolute atomic E-state index is 0.0314. The zero-order chi connectivity index (χ0) is 14.6. The van der Waals surface area contributed by atoms with Crippen LogP contribution in [0.1, 0.15) is 16.1 Å². The zero-order valence-electron chi connectivity index (χ0n) is 10.1. The summed E-state index contributed by atoms with van der Waals surface area (Å²) < 4.78 is 49.5. The molecule has 1 aromatic heterocycles. The lowest BCUT2D eigenvalue weighted by Gasteiger charge is -2.16. The Kier molecular flexibility index (Phi) is 4.54. The van der Waals surface area contributed by atoms with Gasteiger partial charge in [0.25, 0.3) is 0 Å². The van der Waals surface area contributed by atoms with Crippen LogP contribution in [0.3, 0.4) is 0 Å². The van der Waals surface area contributed by atoms with Crippen LogP contribution in [0.2, 0.25) is 0 Å². The number of rotatable bonds is 4. The van der Waals surface area contributed by atoms with Gasteiger partial charge in [-0.15, -0.1) is 13.2 Å². The lowest BCUT2D eigenvalue weighted by atomic mass is 10.1. The Bertz CT molecular complexity index is 477. The van der Waals surface area contributed by atoms with Crippen molar-refractivity contribution in [1.29, 1.82) is 0 Å². The molecule has 19 heavy (non-hydrogen) atoms. The van der Waals surface area contributed by atoms with Crippen molar-refractivity contribution in [3.63, 3.8) is 0 Å². The van der Waals surface area contributed by atoms with Crippen molar-refractivity contribution in [3.05, 3.63) is 17.5 Å². The van der Waals surface area contributed by atoms with E-state index in [9.17, 15) is 18.0 Å². The number of methoxy groups -OCH3 is 2. The Balaban J connectivity index is 3.34. The number of hydrogen-bond donors (Lipinski definition) is 1. The molecular formula is C10H11F3N2O4. The molecule has 0 unspecified atom stereocenters. The van der Waals surface area contributed by atoms with E-state index in [0.29, 0.717) is 0 Å². The van der Waals surface area contributed by atoms with E-state index in [1.54, 1.807) is 0 Å². The van der Waals surface area contributed by atoms with Crippen LogP contribution in [0.25, 0.3) is 0 Å². The minimum atomic E-state index is -4.91. The average Bonchev–Trinajstić information content (AvgIpc) is 2.35. The third-order valence-electron chi connectivity index (χ3n) is 2.11. The second-order valence-corrected chi connectivity index (χ2v) is 3.23. The molecule has 0 saturated heterocycles. The number of nitrogens with two attached hydrogens (primary N) is 1. The summed E-state index contributed by atoms with van der Waals surface area (Å²) in [6.07, 6.45) is -4.19. The predicted molar refractivity (Wildman–Crippen MR) is 56.7 cm³/mol. The molecule has 0 saturated carbocycles. The predicted octanol–water partition coefficient (Wildman–Crippen LogP) is 1.23. The summed E-state index contributed by atoms with van der Waals surface area (Å²) >= 11 is 0. The van der Waals surface area contributed by atoms with Gasteiger partial charge in [-0.1, -0.05) is 0 Å². The van der Waals surface area contributed by atoms with Gasteiger partial charge in [0.15, 0.2) is 17.2 Å². The Hall–Kier alpha value is -2.03. The van der Waals surface area contributed by atoms with Gasteiger partial charge in [-0.2, -0.15) is 0 Å². The maximum atomic E-state index is 12.2. The lowest BCUT2D eigenvalue weighted by Crippen LogP contribution is -2.20. The molecule has 0 aromatic carbocycles. The van der Waals surface area contributed by atoms with Gasteiger partial charge >= 0.3 is 12.3 Å². The number of esters is 1. The van der Waals surface area contributed by atoms with Crippen LogP contribution >= 0.6 is 0 Å². The largest absolute Gasteiger partial charge is 0.573 e. The molecule has 0 aliphatic rings.